The lowest BCUT2D eigenvalue weighted by Crippen LogP contribution is -2.26. The zero-order valence-corrected chi connectivity index (χ0v) is 13.5. The summed E-state index contributed by atoms with van der Waals surface area (Å²) in [5, 5.41) is 11.0. The van der Waals surface area contributed by atoms with Crippen molar-refractivity contribution in [3.05, 3.63) is 40.1 Å². The average molecular weight is 353 g/mol. The van der Waals surface area contributed by atoms with Gasteiger partial charge in [-0.05, 0) is 12.1 Å². The van der Waals surface area contributed by atoms with E-state index >= 15 is 0 Å². The normalized spacial score (nSPS) is 12.6. The highest BCUT2D eigenvalue weighted by Crippen LogP contribution is 2.22. The van der Waals surface area contributed by atoms with E-state index < -0.39 is 29.3 Å². The summed E-state index contributed by atoms with van der Waals surface area (Å²) in [6.07, 6.45) is 0. The molecule has 23 heavy (non-hydrogen) atoms. The molecule has 0 aliphatic rings. The standard InChI is InChI=1S/C13H11N3O5S2/c1-21-23(20)10-7-22-12(14-10)16-9-5-3-2-4-8(9)15(13(16)19)6-11(17)18/h2-5,7H,6H2,1H3,(H,17,18). The lowest BCUT2D eigenvalue weighted by Gasteiger charge is -1.97. The van der Waals surface area contributed by atoms with Gasteiger partial charge in [0.2, 0.25) is 11.1 Å². The van der Waals surface area contributed by atoms with Crippen LogP contribution in [0.3, 0.4) is 0 Å². The van der Waals surface area contributed by atoms with Crippen molar-refractivity contribution in [2.75, 3.05) is 7.11 Å². The minimum atomic E-state index is -1.70. The Morgan fingerprint density at radius 3 is 2.74 bits per heavy atom. The van der Waals surface area contributed by atoms with Gasteiger partial charge in [-0.2, -0.15) is 0 Å². The summed E-state index contributed by atoms with van der Waals surface area (Å²) >= 11 is -0.577. The van der Waals surface area contributed by atoms with Crippen molar-refractivity contribution in [2.24, 2.45) is 0 Å². The number of thiazole rings is 1. The number of nitrogens with zero attached hydrogens (tertiary/aromatic N) is 3. The number of aromatic nitrogens is 3. The highest BCUT2D eigenvalue weighted by Gasteiger charge is 2.19. The van der Waals surface area contributed by atoms with E-state index in [4.69, 9.17) is 9.29 Å². The van der Waals surface area contributed by atoms with Gasteiger partial charge in [0.25, 0.3) is 0 Å². The van der Waals surface area contributed by atoms with E-state index in [0.29, 0.717) is 16.2 Å². The summed E-state index contributed by atoms with van der Waals surface area (Å²) in [6, 6.07) is 6.82. The van der Waals surface area contributed by atoms with Crippen LogP contribution >= 0.6 is 11.3 Å². The van der Waals surface area contributed by atoms with Gasteiger partial charge in [-0.1, -0.05) is 12.1 Å². The van der Waals surface area contributed by atoms with Gasteiger partial charge in [0, 0.05) is 5.38 Å². The molecule has 0 saturated carbocycles. The van der Waals surface area contributed by atoms with Gasteiger partial charge in [-0.3, -0.25) is 13.5 Å². The van der Waals surface area contributed by atoms with Crippen LogP contribution in [0.15, 0.2) is 39.5 Å². The largest absolute Gasteiger partial charge is 0.480 e. The maximum absolute atomic E-state index is 12.6. The lowest BCUT2D eigenvalue weighted by atomic mass is 10.3. The zero-order valence-electron chi connectivity index (χ0n) is 11.8. The van der Waals surface area contributed by atoms with Crippen molar-refractivity contribution in [2.45, 2.75) is 11.6 Å². The SMILES string of the molecule is COS(=O)c1csc(-n2c(=O)n(CC(=O)O)c3ccccc32)n1. The molecule has 0 aliphatic heterocycles. The van der Waals surface area contributed by atoms with Crippen molar-refractivity contribution in [3.8, 4) is 5.13 Å². The van der Waals surface area contributed by atoms with Gasteiger partial charge in [-0.15, -0.1) is 11.3 Å². The zero-order chi connectivity index (χ0) is 16.6. The van der Waals surface area contributed by atoms with Gasteiger partial charge >= 0.3 is 11.7 Å². The second-order valence-corrected chi connectivity index (χ2v) is 6.51. The fraction of sp³-hybridized carbons (Fsp3) is 0.154. The average Bonchev–Trinajstić information content (AvgIpc) is 3.10. The third-order valence-electron chi connectivity index (χ3n) is 3.11. The third-order valence-corrected chi connectivity index (χ3v) is 4.94. The van der Waals surface area contributed by atoms with E-state index in [2.05, 4.69) is 4.98 Å². The third kappa shape index (κ3) is 2.71. The van der Waals surface area contributed by atoms with E-state index in [-0.39, 0.29) is 5.03 Å². The fourth-order valence-electron chi connectivity index (χ4n) is 2.20. The Hall–Kier alpha value is -2.30. The molecule has 1 unspecified atom stereocenters. The summed E-state index contributed by atoms with van der Waals surface area (Å²) in [7, 11) is 1.29. The van der Waals surface area contributed by atoms with Crippen LogP contribution in [-0.4, -0.2) is 36.5 Å². The molecule has 1 atom stereocenters. The Morgan fingerprint density at radius 1 is 1.39 bits per heavy atom. The molecule has 0 fully saturated rings. The molecule has 3 aromatic rings. The molecule has 0 saturated heterocycles. The predicted molar refractivity (Wildman–Crippen MR) is 84.3 cm³/mol. The number of benzene rings is 1. The Kier molecular flexibility index (Phi) is 4.11. The monoisotopic (exact) mass is 353 g/mol. The number of carbonyl (C=O) groups is 1. The number of rotatable bonds is 5. The second-order valence-electron chi connectivity index (χ2n) is 4.46. The lowest BCUT2D eigenvalue weighted by molar-refractivity contribution is -0.137. The summed E-state index contributed by atoms with van der Waals surface area (Å²) in [5.74, 6) is -1.12. The smallest absolute Gasteiger partial charge is 0.336 e. The summed E-state index contributed by atoms with van der Waals surface area (Å²) in [5.41, 5.74) is 0.505. The van der Waals surface area contributed by atoms with Crippen molar-refractivity contribution in [1.29, 1.82) is 0 Å². The molecule has 0 bridgehead atoms. The van der Waals surface area contributed by atoms with Crippen LogP contribution in [0.25, 0.3) is 16.2 Å². The number of carboxylic acids is 1. The molecule has 0 amide bonds. The molecule has 1 N–H and O–H groups in total. The topological polar surface area (TPSA) is 103 Å². The number of imidazole rings is 1. The maximum Gasteiger partial charge on any atom is 0.336 e. The van der Waals surface area contributed by atoms with E-state index in [0.717, 1.165) is 15.9 Å². The van der Waals surface area contributed by atoms with Gasteiger partial charge in [0.15, 0.2) is 10.2 Å². The Bertz CT molecular complexity index is 972. The van der Waals surface area contributed by atoms with Gasteiger partial charge in [0.1, 0.15) is 6.54 Å². The van der Waals surface area contributed by atoms with E-state index in [1.54, 1.807) is 24.3 Å². The number of carboxylic acid groups (broad SMARTS) is 1. The van der Waals surface area contributed by atoms with Crippen LogP contribution < -0.4 is 5.69 Å². The van der Waals surface area contributed by atoms with Gasteiger partial charge in [0.05, 0.1) is 18.1 Å². The van der Waals surface area contributed by atoms with Crippen LogP contribution in [0.2, 0.25) is 0 Å². The van der Waals surface area contributed by atoms with Crippen molar-refractivity contribution in [1.82, 2.24) is 14.1 Å². The quantitative estimate of drug-likeness (QED) is 0.734. The first-order valence-corrected chi connectivity index (χ1v) is 8.32. The molecule has 0 radical (unpaired) electrons. The van der Waals surface area contributed by atoms with Crippen LogP contribution in [0.4, 0.5) is 0 Å². The van der Waals surface area contributed by atoms with Crippen LogP contribution in [-0.2, 0) is 26.6 Å². The predicted octanol–water partition coefficient (Wildman–Crippen LogP) is 1.00. The molecule has 10 heteroatoms. The Balaban J connectivity index is 2.23. The van der Waals surface area contributed by atoms with Crippen molar-refractivity contribution in [3.63, 3.8) is 0 Å². The summed E-state index contributed by atoms with van der Waals surface area (Å²) in [6.45, 7) is -0.450. The summed E-state index contributed by atoms with van der Waals surface area (Å²) < 4.78 is 18.8. The Morgan fingerprint density at radius 2 is 2.09 bits per heavy atom. The first kappa shape index (κ1) is 15.6. The van der Waals surface area contributed by atoms with Gasteiger partial charge < -0.3 is 5.11 Å². The number of fused-ring (bicyclic) bond motifs is 1. The maximum atomic E-state index is 12.6. The number of hydrogen-bond acceptors (Lipinski definition) is 6. The molecule has 3 rings (SSSR count). The molecular formula is C13H11N3O5S2. The van der Waals surface area contributed by atoms with Crippen LogP contribution in [0.5, 0.6) is 0 Å². The van der Waals surface area contributed by atoms with E-state index in [9.17, 15) is 13.8 Å². The molecule has 8 nitrogen and oxygen atoms in total. The second kappa shape index (κ2) is 6.07. The fourth-order valence-corrected chi connectivity index (χ4v) is 3.74. The molecule has 2 heterocycles. The minimum absolute atomic E-state index is 0.203. The van der Waals surface area contributed by atoms with Crippen molar-refractivity contribution >= 4 is 39.4 Å². The van der Waals surface area contributed by atoms with E-state index in [1.807, 2.05) is 0 Å². The molecule has 0 spiro atoms. The minimum Gasteiger partial charge on any atom is -0.480 e. The first-order chi connectivity index (χ1) is 11.0. The van der Waals surface area contributed by atoms with E-state index in [1.165, 1.54) is 17.1 Å². The molecular weight excluding hydrogens is 342 g/mol. The van der Waals surface area contributed by atoms with Crippen LogP contribution in [0.1, 0.15) is 0 Å². The number of aliphatic carboxylic acids is 1. The highest BCUT2D eigenvalue weighted by atomic mass is 32.2. The highest BCUT2D eigenvalue weighted by molar-refractivity contribution is 7.80. The summed E-state index contributed by atoms with van der Waals surface area (Å²) in [4.78, 5) is 27.7. The van der Waals surface area contributed by atoms with Crippen molar-refractivity contribution < 1.29 is 18.3 Å². The Labute approximate surface area is 136 Å². The van der Waals surface area contributed by atoms with Crippen LogP contribution in [0, 0.1) is 0 Å². The molecule has 1 aromatic carbocycles. The van der Waals surface area contributed by atoms with Gasteiger partial charge in [-0.25, -0.2) is 18.6 Å². The first-order valence-electron chi connectivity index (χ1n) is 6.37. The number of para-hydroxylation sites is 2. The molecule has 2 aromatic heterocycles. The molecule has 120 valence electrons. The molecule has 0 aliphatic carbocycles. The number of hydrogen-bond donors (Lipinski definition) is 1.